The average molecular weight is 366 g/mol. The molecule has 2 atom stereocenters. The van der Waals surface area contributed by atoms with Crippen molar-refractivity contribution < 1.29 is 14.4 Å². The molecule has 7 nitrogen and oxygen atoms in total. The topological polar surface area (TPSA) is 92.7 Å². The Hall–Kier alpha value is -3.22. The second-order valence-electron chi connectivity index (χ2n) is 6.47. The smallest absolute Gasteiger partial charge is 0.264 e. The number of pyridine rings is 1. The summed E-state index contributed by atoms with van der Waals surface area (Å²) in [6.45, 7) is 3.94. The Bertz CT molecular complexity index is 834. The number of nitrogens with zero attached hydrogens (tertiary/aromatic N) is 2. The van der Waals surface area contributed by atoms with Gasteiger partial charge in [-0.3, -0.25) is 14.6 Å². The van der Waals surface area contributed by atoms with E-state index in [1.807, 2.05) is 49.4 Å². The summed E-state index contributed by atoms with van der Waals surface area (Å²) in [5.41, 5.74) is 3.55. The van der Waals surface area contributed by atoms with Gasteiger partial charge in [0.05, 0.1) is 18.0 Å². The van der Waals surface area contributed by atoms with Crippen LogP contribution in [0.2, 0.25) is 0 Å². The highest BCUT2D eigenvalue weighted by Gasteiger charge is 2.30. The normalized spacial score (nSPS) is 16.8. The van der Waals surface area contributed by atoms with Crippen LogP contribution in [0.25, 0.3) is 0 Å². The molecule has 1 aliphatic heterocycles. The number of hydrogen-bond donors (Lipinski definition) is 2. The van der Waals surface area contributed by atoms with Crippen LogP contribution in [0.3, 0.4) is 0 Å². The van der Waals surface area contributed by atoms with Gasteiger partial charge >= 0.3 is 0 Å². The lowest BCUT2D eigenvalue weighted by Crippen LogP contribution is -2.48. The first-order chi connectivity index (χ1) is 13.0. The summed E-state index contributed by atoms with van der Waals surface area (Å²) in [4.78, 5) is 33.9. The lowest BCUT2D eigenvalue weighted by molar-refractivity contribution is -0.135. The highest BCUT2D eigenvalue weighted by Crippen LogP contribution is 2.17. The van der Waals surface area contributed by atoms with Crippen LogP contribution >= 0.6 is 0 Å². The van der Waals surface area contributed by atoms with Crippen molar-refractivity contribution in [3.8, 4) is 0 Å². The van der Waals surface area contributed by atoms with E-state index in [1.54, 1.807) is 13.1 Å². The van der Waals surface area contributed by atoms with Gasteiger partial charge in [-0.25, -0.2) is 0 Å². The fraction of sp³-hybridized carbons (Fsp3) is 0.300. The van der Waals surface area contributed by atoms with E-state index in [1.165, 1.54) is 0 Å². The summed E-state index contributed by atoms with van der Waals surface area (Å²) >= 11 is 0. The Balaban J connectivity index is 1.47. The molecule has 140 valence electrons. The Morgan fingerprint density at radius 3 is 2.70 bits per heavy atom. The third-order valence-corrected chi connectivity index (χ3v) is 4.27. The minimum absolute atomic E-state index is 0.285. The Labute approximate surface area is 157 Å². The summed E-state index contributed by atoms with van der Waals surface area (Å²) in [6, 6.07) is 12.7. The van der Waals surface area contributed by atoms with E-state index in [0.717, 1.165) is 22.5 Å². The van der Waals surface area contributed by atoms with E-state index in [4.69, 9.17) is 4.84 Å². The molecule has 2 N–H and O–H groups in total. The van der Waals surface area contributed by atoms with Crippen LogP contribution in [-0.2, 0) is 21.0 Å². The maximum Gasteiger partial charge on any atom is 0.264 e. The van der Waals surface area contributed by atoms with Gasteiger partial charge in [-0.15, -0.1) is 0 Å². The van der Waals surface area contributed by atoms with Gasteiger partial charge in [-0.05, 0) is 31.5 Å². The van der Waals surface area contributed by atoms with Crippen molar-refractivity contribution in [2.45, 2.75) is 39.0 Å². The van der Waals surface area contributed by atoms with Gasteiger partial charge in [0, 0.05) is 12.6 Å². The van der Waals surface area contributed by atoms with E-state index in [9.17, 15) is 9.59 Å². The summed E-state index contributed by atoms with van der Waals surface area (Å²) in [7, 11) is 0. The van der Waals surface area contributed by atoms with Crippen molar-refractivity contribution in [1.29, 1.82) is 0 Å². The molecule has 7 heteroatoms. The van der Waals surface area contributed by atoms with E-state index in [-0.39, 0.29) is 11.8 Å². The fourth-order valence-corrected chi connectivity index (χ4v) is 2.64. The van der Waals surface area contributed by atoms with Crippen LogP contribution in [0.1, 0.15) is 30.2 Å². The Kier molecular flexibility index (Phi) is 5.80. The van der Waals surface area contributed by atoms with Crippen molar-refractivity contribution in [3.05, 3.63) is 65.5 Å². The average Bonchev–Trinajstić information content (AvgIpc) is 3.17. The second kappa shape index (κ2) is 8.44. The molecule has 2 heterocycles. The molecular weight excluding hydrogens is 344 g/mol. The summed E-state index contributed by atoms with van der Waals surface area (Å²) < 4.78 is 0. The molecule has 0 bridgehead atoms. The number of nitrogens with one attached hydrogen (secondary N) is 2. The molecule has 1 aromatic carbocycles. The van der Waals surface area contributed by atoms with Crippen molar-refractivity contribution in [2.24, 2.45) is 5.16 Å². The van der Waals surface area contributed by atoms with Crippen LogP contribution in [0.4, 0.5) is 0 Å². The molecule has 0 aliphatic carbocycles. The Morgan fingerprint density at radius 1 is 1.22 bits per heavy atom. The SMILES string of the molecule is Cc1ccc(C2=NO[C@H](C(=O)N[C@H](C)C(=O)NCc3ccccn3)C2)cc1. The molecule has 0 unspecified atom stereocenters. The van der Waals surface area contributed by atoms with Crippen LogP contribution in [-0.4, -0.2) is 34.7 Å². The van der Waals surface area contributed by atoms with Crippen molar-refractivity contribution in [3.63, 3.8) is 0 Å². The molecule has 0 saturated carbocycles. The van der Waals surface area contributed by atoms with E-state index >= 15 is 0 Å². The lowest BCUT2D eigenvalue weighted by Gasteiger charge is -2.16. The number of aromatic nitrogens is 1. The minimum Gasteiger partial charge on any atom is -0.382 e. The number of benzene rings is 1. The molecule has 2 aromatic rings. The third kappa shape index (κ3) is 4.91. The van der Waals surface area contributed by atoms with Gasteiger partial charge in [0.2, 0.25) is 12.0 Å². The summed E-state index contributed by atoms with van der Waals surface area (Å²) in [6.07, 6.45) is 1.31. The standard InChI is InChI=1S/C20H22N4O3/c1-13-6-8-15(9-7-13)17-11-18(27-24-17)20(26)23-14(2)19(25)22-12-16-5-3-4-10-21-16/h3-10,14,18H,11-12H2,1-2H3,(H,22,25)(H,23,26)/t14-,18+/m1/s1. The molecule has 0 saturated heterocycles. The molecule has 0 fully saturated rings. The third-order valence-electron chi connectivity index (χ3n) is 4.27. The zero-order valence-electron chi connectivity index (χ0n) is 15.3. The van der Waals surface area contributed by atoms with Gasteiger partial charge in [0.15, 0.2) is 0 Å². The largest absolute Gasteiger partial charge is 0.382 e. The number of rotatable bonds is 6. The number of carbonyl (C=O) groups is 2. The summed E-state index contributed by atoms with van der Waals surface area (Å²) in [5.74, 6) is -0.645. The van der Waals surface area contributed by atoms with Crippen LogP contribution in [0.5, 0.6) is 0 Å². The molecular formula is C20H22N4O3. The quantitative estimate of drug-likeness (QED) is 0.814. The minimum atomic E-state index is -0.729. The monoisotopic (exact) mass is 366 g/mol. The Morgan fingerprint density at radius 2 is 2.00 bits per heavy atom. The maximum absolute atomic E-state index is 12.4. The predicted octanol–water partition coefficient (Wildman–Crippen LogP) is 1.70. The van der Waals surface area contributed by atoms with Crippen LogP contribution < -0.4 is 10.6 Å². The van der Waals surface area contributed by atoms with Gasteiger partial charge in [-0.2, -0.15) is 0 Å². The maximum atomic E-state index is 12.4. The number of carbonyl (C=O) groups excluding carboxylic acids is 2. The second-order valence-corrected chi connectivity index (χ2v) is 6.47. The number of oxime groups is 1. The van der Waals surface area contributed by atoms with Gasteiger partial charge < -0.3 is 15.5 Å². The van der Waals surface area contributed by atoms with Crippen molar-refractivity contribution in [2.75, 3.05) is 0 Å². The first-order valence-corrected chi connectivity index (χ1v) is 8.80. The number of hydrogen-bond acceptors (Lipinski definition) is 5. The zero-order chi connectivity index (χ0) is 19.2. The van der Waals surface area contributed by atoms with Crippen molar-refractivity contribution in [1.82, 2.24) is 15.6 Å². The molecule has 1 aliphatic rings. The predicted molar refractivity (Wildman–Crippen MR) is 101 cm³/mol. The molecule has 0 radical (unpaired) electrons. The lowest BCUT2D eigenvalue weighted by atomic mass is 10.0. The zero-order valence-corrected chi connectivity index (χ0v) is 15.3. The highest BCUT2D eigenvalue weighted by atomic mass is 16.6. The first kappa shape index (κ1) is 18.6. The van der Waals surface area contributed by atoms with Gasteiger partial charge in [0.25, 0.3) is 5.91 Å². The van der Waals surface area contributed by atoms with E-state index in [2.05, 4.69) is 20.8 Å². The van der Waals surface area contributed by atoms with Crippen molar-refractivity contribution >= 4 is 17.5 Å². The van der Waals surface area contributed by atoms with Crippen LogP contribution in [0, 0.1) is 6.92 Å². The van der Waals surface area contributed by atoms with Gasteiger partial charge in [-0.1, -0.05) is 41.1 Å². The highest BCUT2D eigenvalue weighted by molar-refractivity contribution is 6.04. The molecule has 2 amide bonds. The number of amides is 2. The van der Waals surface area contributed by atoms with E-state index in [0.29, 0.717) is 13.0 Å². The molecule has 3 rings (SSSR count). The first-order valence-electron chi connectivity index (χ1n) is 8.80. The molecule has 0 spiro atoms. The fourth-order valence-electron chi connectivity index (χ4n) is 2.64. The van der Waals surface area contributed by atoms with E-state index < -0.39 is 12.1 Å². The van der Waals surface area contributed by atoms with Crippen LogP contribution in [0.15, 0.2) is 53.8 Å². The number of aryl methyl sites for hydroxylation is 1. The molecule has 27 heavy (non-hydrogen) atoms. The van der Waals surface area contributed by atoms with Gasteiger partial charge in [0.1, 0.15) is 6.04 Å². The molecule has 1 aromatic heterocycles. The summed E-state index contributed by atoms with van der Waals surface area (Å²) in [5, 5.41) is 9.43.